The second-order valence-electron chi connectivity index (χ2n) is 5.98. The Hall–Kier alpha value is 0.1000. The van der Waals surface area contributed by atoms with Crippen molar-refractivity contribution in [3.63, 3.8) is 0 Å². The van der Waals surface area contributed by atoms with Gasteiger partial charge in [0.05, 0.1) is 0 Å². The van der Waals surface area contributed by atoms with Crippen LogP contribution in [0.3, 0.4) is 0 Å². The highest BCUT2D eigenvalue weighted by molar-refractivity contribution is 9.10. The first kappa shape index (κ1) is 15.5. The van der Waals surface area contributed by atoms with Crippen molar-refractivity contribution in [3.05, 3.63) is 20.8 Å². The van der Waals surface area contributed by atoms with Gasteiger partial charge < -0.3 is 5.32 Å². The van der Waals surface area contributed by atoms with Crippen LogP contribution in [0.25, 0.3) is 0 Å². The number of likely N-dealkylation sites (N-methyl/N-ethyl adjacent to an activating group) is 1. The van der Waals surface area contributed by atoms with Crippen molar-refractivity contribution in [3.8, 4) is 0 Å². The van der Waals surface area contributed by atoms with Gasteiger partial charge in [-0.25, -0.2) is 0 Å². The summed E-state index contributed by atoms with van der Waals surface area (Å²) in [5.74, 6) is 0. The molecule has 1 fully saturated rings. The third kappa shape index (κ3) is 3.81. The summed E-state index contributed by atoms with van der Waals surface area (Å²) in [4.78, 5) is 4.12. The number of likely N-dealkylation sites (tertiary alicyclic amines) is 1. The average molecular weight is 345 g/mol. The first-order valence-corrected chi connectivity index (χ1v) is 8.86. The molecule has 1 saturated heterocycles. The molecule has 2 rings (SSSR count). The Morgan fingerprint density at radius 2 is 2.05 bits per heavy atom. The second kappa shape index (κ2) is 6.70. The number of nitrogens with one attached hydrogen (secondary N) is 1. The van der Waals surface area contributed by atoms with E-state index in [4.69, 9.17) is 0 Å². The van der Waals surface area contributed by atoms with E-state index >= 15 is 0 Å². The van der Waals surface area contributed by atoms with Crippen molar-refractivity contribution in [2.75, 3.05) is 20.1 Å². The van der Waals surface area contributed by atoms with E-state index in [2.05, 4.69) is 58.5 Å². The maximum Gasteiger partial charge on any atom is 0.0309 e. The topological polar surface area (TPSA) is 15.3 Å². The summed E-state index contributed by atoms with van der Waals surface area (Å²) in [6, 6.07) is 2.75. The van der Waals surface area contributed by atoms with Gasteiger partial charge in [-0.15, -0.1) is 11.3 Å². The number of hydrogen-bond acceptors (Lipinski definition) is 3. The zero-order chi connectivity index (χ0) is 13.9. The molecule has 108 valence electrons. The zero-order valence-electron chi connectivity index (χ0n) is 12.2. The summed E-state index contributed by atoms with van der Waals surface area (Å²) in [7, 11) is 2.10. The van der Waals surface area contributed by atoms with E-state index in [1.54, 1.807) is 0 Å². The molecular weight excluding hydrogens is 320 g/mol. The molecule has 1 N–H and O–H groups in total. The number of piperidine rings is 1. The molecule has 1 aliphatic heterocycles. The monoisotopic (exact) mass is 344 g/mol. The van der Waals surface area contributed by atoms with Gasteiger partial charge in [0.2, 0.25) is 0 Å². The van der Waals surface area contributed by atoms with Crippen LogP contribution < -0.4 is 5.32 Å². The van der Waals surface area contributed by atoms with Gasteiger partial charge in [-0.05, 0) is 75.2 Å². The summed E-state index contributed by atoms with van der Waals surface area (Å²) in [5.41, 5.74) is 0.214. The maximum absolute atomic E-state index is 3.55. The summed E-state index contributed by atoms with van der Waals surface area (Å²) >= 11 is 5.40. The fourth-order valence-electron chi connectivity index (χ4n) is 3.06. The molecule has 1 aliphatic rings. The van der Waals surface area contributed by atoms with Crippen LogP contribution in [0.4, 0.5) is 0 Å². The van der Waals surface area contributed by atoms with Gasteiger partial charge in [0.1, 0.15) is 0 Å². The molecule has 0 spiro atoms. The molecule has 2 heterocycles. The van der Waals surface area contributed by atoms with Gasteiger partial charge in [-0.2, -0.15) is 0 Å². The Balaban J connectivity index is 2.06. The summed E-state index contributed by atoms with van der Waals surface area (Å²) in [5, 5.41) is 5.72. The first-order chi connectivity index (χ1) is 9.04. The molecule has 0 aromatic carbocycles. The van der Waals surface area contributed by atoms with Crippen LogP contribution in [0.2, 0.25) is 0 Å². The van der Waals surface area contributed by atoms with E-state index in [0.29, 0.717) is 6.04 Å². The van der Waals surface area contributed by atoms with Gasteiger partial charge in [0, 0.05) is 26.3 Å². The molecular formula is C15H25BrN2S. The number of thiophene rings is 1. The number of nitrogens with zero attached hydrogens (tertiary/aromatic N) is 1. The Bertz CT molecular complexity index is 397. The lowest BCUT2D eigenvalue weighted by molar-refractivity contribution is 0.0638. The van der Waals surface area contributed by atoms with Crippen LogP contribution in [-0.4, -0.2) is 36.6 Å². The van der Waals surface area contributed by atoms with E-state index < -0.39 is 0 Å². The van der Waals surface area contributed by atoms with E-state index in [-0.39, 0.29) is 5.54 Å². The van der Waals surface area contributed by atoms with Crippen molar-refractivity contribution in [1.29, 1.82) is 0 Å². The minimum Gasteiger partial charge on any atom is -0.315 e. The molecule has 0 saturated carbocycles. The molecule has 0 bridgehead atoms. The number of rotatable bonds is 5. The third-order valence-electron chi connectivity index (χ3n) is 4.40. The van der Waals surface area contributed by atoms with Gasteiger partial charge in [-0.1, -0.05) is 6.42 Å². The molecule has 0 radical (unpaired) electrons. The predicted molar refractivity (Wildman–Crippen MR) is 88.1 cm³/mol. The molecule has 4 heteroatoms. The second-order valence-corrected chi connectivity index (χ2v) is 7.89. The van der Waals surface area contributed by atoms with E-state index in [0.717, 1.165) is 6.42 Å². The smallest absolute Gasteiger partial charge is 0.0309 e. The first-order valence-electron chi connectivity index (χ1n) is 7.19. The van der Waals surface area contributed by atoms with Crippen LogP contribution in [-0.2, 0) is 6.42 Å². The molecule has 1 aromatic rings. The van der Waals surface area contributed by atoms with Gasteiger partial charge in [-0.3, -0.25) is 4.90 Å². The molecule has 1 unspecified atom stereocenters. The molecule has 19 heavy (non-hydrogen) atoms. The number of halogens is 1. The highest BCUT2D eigenvalue weighted by atomic mass is 79.9. The van der Waals surface area contributed by atoms with Crippen LogP contribution in [0.15, 0.2) is 15.9 Å². The van der Waals surface area contributed by atoms with Gasteiger partial charge in [0.25, 0.3) is 0 Å². The molecule has 2 nitrogen and oxygen atoms in total. The summed E-state index contributed by atoms with van der Waals surface area (Å²) in [6.45, 7) is 7.28. The highest BCUT2D eigenvalue weighted by Gasteiger charge is 2.35. The molecule has 0 amide bonds. The lowest BCUT2D eigenvalue weighted by Crippen LogP contribution is -2.59. The number of hydrogen-bond donors (Lipinski definition) is 1. The van der Waals surface area contributed by atoms with Crippen LogP contribution in [0.1, 0.15) is 38.0 Å². The SMILES string of the molecule is CNC(Cc1cc(Br)cs1)C(C)(C)N1CCCCC1. The zero-order valence-corrected chi connectivity index (χ0v) is 14.6. The van der Waals surface area contributed by atoms with Crippen molar-refractivity contribution in [2.45, 2.75) is 51.1 Å². The van der Waals surface area contributed by atoms with Crippen LogP contribution in [0.5, 0.6) is 0 Å². The van der Waals surface area contributed by atoms with Gasteiger partial charge >= 0.3 is 0 Å². The molecule has 1 atom stereocenters. The minimum absolute atomic E-state index is 0.214. The lowest BCUT2D eigenvalue weighted by Gasteiger charge is -2.46. The quantitative estimate of drug-likeness (QED) is 0.871. The molecule has 0 aliphatic carbocycles. The van der Waals surface area contributed by atoms with Gasteiger partial charge in [0.15, 0.2) is 0 Å². The van der Waals surface area contributed by atoms with E-state index in [1.807, 2.05) is 11.3 Å². The van der Waals surface area contributed by atoms with Crippen molar-refractivity contribution >= 4 is 27.3 Å². The fraction of sp³-hybridized carbons (Fsp3) is 0.733. The van der Waals surface area contributed by atoms with E-state index in [1.165, 1.54) is 41.7 Å². The highest BCUT2D eigenvalue weighted by Crippen LogP contribution is 2.28. The Morgan fingerprint density at radius 3 is 2.58 bits per heavy atom. The van der Waals surface area contributed by atoms with Crippen molar-refractivity contribution < 1.29 is 0 Å². The maximum atomic E-state index is 3.55. The fourth-order valence-corrected chi connectivity index (χ4v) is 4.56. The average Bonchev–Trinajstić information content (AvgIpc) is 2.82. The summed E-state index contributed by atoms with van der Waals surface area (Å²) < 4.78 is 1.21. The largest absolute Gasteiger partial charge is 0.315 e. The Labute approximate surface area is 129 Å². The Kier molecular flexibility index (Phi) is 5.46. The van der Waals surface area contributed by atoms with Crippen LogP contribution in [0, 0.1) is 0 Å². The summed E-state index contributed by atoms with van der Waals surface area (Å²) in [6.07, 6.45) is 5.21. The van der Waals surface area contributed by atoms with Crippen molar-refractivity contribution in [1.82, 2.24) is 10.2 Å². The molecule has 1 aromatic heterocycles. The van der Waals surface area contributed by atoms with E-state index in [9.17, 15) is 0 Å². The third-order valence-corrected chi connectivity index (χ3v) is 6.12. The predicted octanol–water partition coefficient (Wildman–Crippen LogP) is 3.91. The normalized spacial score (nSPS) is 19.6. The standard InChI is InChI=1S/C15H25BrN2S/c1-15(2,18-7-5-4-6-8-18)14(17-3)10-13-9-12(16)11-19-13/h9,11,14,17H,4-8,10H2,1-3H3. The van der Waals surface area contributed by atoms with Crippen molar-refractivity contribution in [2.24, 2.45) is 0 Å². The lowest BCUT2D eigenvalue weighted by atomic mass is 9.87. The minimum atomic E-state index is 0.214. The van der Waals surface area contributed by atoms with Crippen LogP contribution >= 0.6 is 27.3 Å². The Morgan fingerprint density at radius 1 is 1.37 bits per heavy atom.